The number of hydrazone groups is 1. The molecule has 0 aliphatic rings. The molecule has 28 heavy (non-hydrogen) atoms. The van der Waals surface area contributed by atoms with Crippen LogP contribution in [0.2, 0.25) is 0 Å². The molecule has 9 heteroatoms. The number of esters is 1. The molecule has 0 unspecified atom stereocenters. The van der Waals surface area contributed by atoms with Crippen molar-refractivity contribution in [3.05, 3.63) is 92.2 Å². The molecule has 0 saturated carbocycles. The number of amides is 1. The number of carbonyl (C=O) groups excluding carboxylic acids is 2. The van der Waals surface area contributed by atoms with Crippen LogP contribution in [0.4, 0.5) is 5.69 Å². The molecule has 0 spiro atoms. The average Bonchev–Trinajstić information content (AvgIpc) is 3.23. The van der Waals surface area contributed by atoms with E-state index in [2.05, 4.69) is 10.5 Å². The van der Waals surface area contributed by atoms with Crippen LogP contribution in [0.1, 0.15) is 25.6 Å². The number of benzene rings is 2. The van der Waals surface area contributed by atoms with Gasteiger partial charge in [0.25, 0.3) is 11.6 Å². The number of nitrogens with one attached hydrogen (secondary N) is 1. The third-order valence-electron chi connectivity index (χ3n) is 3.51. The Kier molecular flexibility index (Phi) is 5.87. The summed E-state index contributed by atoms with van der Waals surface area (Å²) in [5, 5.41) is 16.3. The fraction of sp³-hybridized carbons (Fsp3) is 0. The second-order valence-corrected chi connectivity index (χ2v) is 6.39. The summed E-state index contributed by atoms with van der Waals surface area (Å²) in [4.78, 5) is 34.5. The lowest BCUT2D eigenvalue weighted by Crippen LogP contribution is -2.17. The average molecular weight is 395 g/mol. The van der Waals surface area contributed by atoms with E-state index in [0.717, 1.165) is 0 Å². The van der Waals surface area contributed by atoms with Gasteiger partial charge in [-0.25, -0.2) is 10.2 Å². The van der Waals surface area contributed by atoms with Crippen molar-refractivity contribution >= 4 is 35.1 Å². The lowest BCUT2D eigenvalue weighted by molar-refractivity contribution is -0.384. The summed E-state index contributed by atoms with van der Waals surface area (Å²) in [5.74, 6) is -0.606. The summed E-state index contributed by atoms with van der Waals surface area (Å²) in [6.07, 6.45) is 1.39. The van der Waals surface area contributed by atoms with Crippen molar-refractivity contribution in [1.82, 2.24) is 5.43 Å². The molecule has 0 saturated heterocycles. The maximum Gasteiger partial charge on any atom is 0.353 e. The number of hydrogen-bond acceptors (Lipinski definition) is 7. The third-order valence-corrected chi connectivity index (χ3v) is 4.36. The molecule has 8 nitrogen and oxygen atoms in total. The number of nitro groups is 1. The zero-order valence-electron chi connectivity index (χ0n) is 14.3. The predicted octanol–water partition coefficient (Wildman–Crippen LogP) is 3.64. The van der Waals surface area contributed by atoms with E-state index in [9.17, 15) is 19.7 Å². The summed E-state index contributed by atoms with van der Waals surface area (Å²) < 4.78 is 5.29. The molecule has 3 aromatic rings. The topological polar surface area (TPSA) is 111 Å². The maximum absolute atomic E-state index is 12.0. The van der Waals surface area contributed by atoms with Crippen molar-refractivity contribution < 1.29 is 19.2 Å². The highest BCUT2D eigenvalue weighted by atomic mass is 32.1. The number of nitrogens with zero attached hydrogens (tertiary/aromatic N) is 2. The monoisotopic (exact) mass is 395 g/mol. The molecule has 0 aliphatic heterocycles. The Hall–Kier alpha value is -3.85. The minimum Gasteiger partial charge on any atom is -0.422 e. The molecule has 2 aromatic carbocycles. The van der Waals surface area contributed by atoms with Crippen LogP contribution in [-0.4, -0.2) is 23.0 Å². The van der Waals surface area contributed by atoms with Gasteiger partial charge in [0.2, 0.25) is 0 Å². The summed E-state index contributed by atoms with van der Waals surface area (Å²) in [6, 6.07) is 15.3. The first-order chi connectivity index (χ1) is 13.5. The summed E-state index contributed by atoms with van der Waals surface area (Å²) in [6.45, 7) is 0. The zero-order chi connectivity index (χ0) is 19.9. The first-order valence-corrected chi connectivity index (χ1v) is 8.84. The number of nitro benzene ring substituents is 1. The van der Waals surface area contributed by atoms with E-state index < -0.39 is 16.8 Å². The van der Waals surface area contributed by atoms with Crippen LogP contribution in [-0.2, 0) is 0 Å². The van der Waals surface area contributed by atoms with Gasteiger partial charge in [0, 0.05) is 17.7 Å². The zero-order valence-corrected chi connectivity index (χ0v) is 15.1. The lowest BCUT2D eigenvalue weighted by atomic mass is 10.2. The van der Waals surface area contributed by atoms with Crippen LogP contribution < -0.4 is 10.2 Å². The Morgan fingerprint density at radius 1 is 1.11 bits per heavy atom. The van der Waals surface area contributed by atoms with E-state index >= 15 is 0 Å². The number of hydrogen-bond donors (Lipinski definition) is 1. The molecule has 1 heterocycles. The molecule has 3 rings (SSSR count). The van der Waals surface area contributed by atoms with Crippen molar-refractivity contribution in [3.8, 4) is 5.75 Å². The van der Waals surface area contributed by atoms with Crippen LogP contribution in [0.15, 0.2) is 71.1 Å². The number of thiophene rings is 1. The normalized spacial score (nSPS) is 10.6. The Balaban J connectivity index is 1.60. The molecule has 0 atom stereocenters. The van der Waals surface area contributed by atoms with Crippen molar-refractivity contribution in [2.24, 2.45) is 5.10 Å². The lowest BCUT2D eigenvalue weighted by Gasteiger charge is -2.03. The Bertz CT molecular complexity index is 1030. The maximum atomic E-state index is 12.0. The fourth-order valence-electron chi connectivity index (χ4n) is 2.17. The number of carbonyl (C=O) groups is 2. The van der Waals surface area contributed by atoms with Gasteiger partial charge in [0.05, 0.1) is 11.1 Å². The van der Waals surface area contributed by atoms with Crippen molar-refractivity contribution in [1.29, 1.82) is 0 Å². The van der Waals surface area contributed by atoms with Crippen molar-refractivity contribution in [2.75, 3.05) is 0 Å². The minimum absolute atomic E-state index is 0.103. The van der Waals surface area contributed by atoms with Gasteiger partial charge < -0.3 is 4.74 Å². The summed E-state index contributed by atoms with van der Waals surface area (Å²) in [5.41, 5.74) is 3.08. The fourth-order valence-corrected chi connectivity index (χ4v) is 2.77. The highest BCUT2D eigenvalue weighted by Crippen LogP contribution is 2.16. The molecular weight excluding hydrogens is 382 g/mol. The molecule has 140 valence electrons. The number of ether oxygens (including phenoxy) is 1. The van der Waals surface area contributed by atoms with Crippen molar-refractivity contribution in [2.45, 2.75) is 0 Å². The van der Waals surface area contributed by atoms with Crippen LogP contribution in [0.3, 0.4) is 0 Å². The molecule has 1 amide bonds. The van der Waals surface area contributed by atoms with E-state index in [1.165, 1.54) is 41.8 Å². The Morgan fingerprint density at radius 2 is 1.89 bits per heavy atom. The van der Waals surface area contributed by atoms with E-state index in [4.69, 9.17) is 4.74 Å². The Labute approximate surface area is 163 Å². The van der Waals surface area contributed by atoms with Gasteiger partial charge in [-0.2, -0.15) is 5.10 Å². The van der Waals surface area contributed by atoms with E-state index in [1.807, 2.05) is 0 Å². The molecule has 0 radical (unpaired) electrons. The molecule has 1 aromatic heterocycles. The number of rotatable bonds is 6. The van der Waals surface area contributed by atoms with Crippen LogP contribution in [0.25, 0.3) is 0 Å². The standard InChI is InChI=1S/C19H13N3O5S/c23-18(14-6-8-15(9-7-14)22(25)26)21-20-12-13-3-1-4-16(11-13)27-19(24)17-5-2-10-28-17/h1-12H,(H,21,23). The highest BCUT2D eigenvalue weighted by Gasteiger charge is 2.10. The van der Waals surface area contributed by atoms with Gasteiger partial charge in [0.1, 0.15) is 10.6 Å². The van der Waals surface area contributed by atoms with Crippen molar-refractivity contribution in [3.63, 3.8) is 0 Å². The van der Waals surface area contributed by atoms with Crippen LogP contribution >= 0.6 is 11.3 Å². The quantitative estimate of drug-likeness (QED) is 0.225. The second-order valence-electron chi connectivity index (χ2n) is 5.44. The first-order valence-electron chi connectivity index (χ1n) is 7.96. The van der Waals surface area contributed by atoms with Gasteiger partial charge >= 0.3 is 5.97 Å². The molecule has 0 bridgehead atoms. The van der Waals surface area contributed by atoms with E-state index in [1.54, 1.807) is 41.8 Å². The molecule has 0 aliphatic carbocycles. The summed E-state index contributed by atoms with van der Waals surface area (Å²) >= 11 is 1.29. The van der Waals surface area contributed by atoms with Gasteiger partial charge in [-0.05, 0) is 41.3 Å². The Morgan fingerprint density at radius 3 is 2.57 bits per heavy atom. The van der Waals surface area contributed by atoms with E-state index in [-0.39, 0.29) is 11.3 Å². The minimum atomic E-state index is -0.544. The van der Waals surface area contributed by atoms with Gasteiger partial charge in [-0.1, -0.05) is 18.2 Å². The molecule has 0 fully saturated rings. The van der Waals surface area contributed by atoms with E-state index in [0.29, 0.717) is 16.2 Å². The number of non-ortho nitro benzene ring substituents is 1. The first kappa shape index (κ1) is 18.9. The van der Waals surface area contributed by atoms with Gasteiger partial charge in [0.15, 0.2) is 0 Å². The van der Waals surface area contributed by atoms with Gasteiger partial charge in [-0.15, -0.1) is 11.3 Å². The SMILES string of the molecule is O=C(NN=Cc1cccc(OC(=O)c2cccs2)c1)c1ccc([N+](=O)[O-])cc1. The molecular formula is C19H13N3O5S. The predicted molar refractivity (Wildman–Crippen MR) is 104 cm³/mol. The summed E-state index contributed by atoms with van der Waals surface area (Å²) in [7, 11) is 0. The second kappa shape index (κ2) is 8.69. The van der Waals surface area contributed by atoms with Gasteiger partial charge in [-0.3, -0.25) is 14.9 Å². The third kappa shape index (κ3) is 4.86. The highest BCUT2D eigenvalue weighted by molar-refractivity contribution is 7.12. The smallest absolute Gasteiger partial charge is 0.353 e. The molecule has 1 N–H and O–H groups in total. The largest absolute Gasteiger partial charge is 0.422 e. The van der Waals surface area contributed by atoms with Crippen LogP contribution in [0, 0.1) is 10.1 Å². The van der Waals surface area contributed by atoms with Crippen LogP contribution in [0.5, 0.6) is 5.75 Å².